The van der Waals surface area contributed by atoms with Crippen molar-refractivity contribution >= 4 is 23.2 Å². The fourth-order valence-corrected chi connectivity index (χ4v) is 3.25. The zero-order valence-corrected chi connectivity index (χ0v) is 14.4. The van der Waals surface area contributed by atoms with E-state index in [2.05, 4.69) is 15.3 Å². The maximum absolute atomic E-state index is 12.5. The van der Waals surface area contributed by atoms with Gasteiger partial charge in [-0.1, -0.05) is 11.6 Å². The van der Waals surface area contributed by atoms with Gasteiger partial charge in [-0.15, -0.1) is 0 Å². The van der Waals surface area contributed by atoms with Gasteiger partial charge in [0.25, 0.3) is 5.91 Å². The van der Waals surface area contributed by atoms with Crippen molar-refractivity contribution in [2.24, 2.45) is 7.05 Å². The van der Waals surface area contributed by atoms with Crippen molar-refractivity contribution in [2.75, 3.05) is 18.0 Å². The van der Waals surface area contributed by atoms with Gasteiger partial charge in [-0.25, -0.2) is 0 Å². The van der Waals surface area contributed by atoms with E-state index < -0.39 is 0 Å². The summed E-state index contributed by atoms with van der Waals surface area (Å²) >= 11 is 5.93. The van der Waals surface area contributed by atoms with E-state index in [9.17, 15) is 4.79 Å². The van der Waals surface area contributed by atoms with Gasteiger partial charge in [0.05, 0.1) is 11.3 Å². The molecule has 1 aliphatic heterocycles. The Morgan fingerprint density at radius 3 is 2.61 bits per heavy atom. The predicted octanol–water partition coefficient (Wildman–Crippen LogP) is 2.70. The minimum Gasteiger partial charge on any atom is -0.369 e. The highest BCUT2D eigenvalue weighted by atomic mass is 35.5. The van der Waals surface area contributed by atoms with Gasteiger partial charge in [0.2, 0.25) is 0 Å². The van der Waals surface area contributed by atoms with Crippen LogP contribution in [0.1, 0.15) is 28.2 Å². The molecule has 1 aromatic carbocycles. The van der Waals surface area contributed by atoms with Crippen molar-refractivity contribution in [3.63, 3.8) is 0 Å². The lowest BCUT2D eigenvalue weighted by molar-refractivity contribution is 0.0939. The largest absolute Gasteiger partial charge is 0.369 e. The summed E-state index contributed by atoms with van der Waals surface area (Å²) in [5.74, 6) is -0.0314. The number of rotatable bonds is 3. The molecule has 0 spiro atoms. The number of hydrogen-bond acceptors (Lipinski definition) is 3. The van der Waals surface area contributed by atoms with Gasteiger partial charge in [-0.3, -0.25) is 9.48 Å². The Morgan fingerprint density at radius 1 is 1.30 bits per heavy atom. The number of halogens is 1. The lowest BCUT2D eigenvalue weighted by Crippen LogP contribution is -2.37. The Labute approximate surface area is 141 Å². The van der Waals surface area contributed by atoms with Crippen molar-refractivity contribution in [1.29, 1.82) is 0 Å². The molecule has 1 saturated heterocycles. The second kappa shape index (κ2) is 6.24. The molecule has 2 heterocycles. The van der Waals surface area contributed by atoms with Gasteiger partial charge in [0, 0.05) is 42.6 Å². The number of benzene rings is 1. The van der Waals surface area contributed by atoms with Gasteiger partial charge in [0.15, 0.2) is 0 Å². The number of amides is 1. The molecule has 2 aromatic rings. The third-order valence-electron chi connectivity index (χ3n) is 4.45. The van der Waals surface area contributed by atoms with E-state index in [1.54, 1.807) is 4.68 Å². The van der Waals surface area contributed by atoms with E-state index in [4.69, 9.17) is 11.6 Å². The molecule has 0 saturated carbocycles. The quantitative estimate of drug-likeness (QED) is 0.940. The summed E-state index contributed by atoms with van der Waals surface area (Å²) in [7, 11) is 1.86. The van der Waals surface area contributed by atoms with Crippen LogP contribution in [0.2, 0.25) is 5.02 Å². The van der Waals surface area contributed by atoms with Crippen LogP contribution in [-0.2, 0) is 7.05 Å². The highest BCUT2D eigenvalue weighted by molar-refractivity contribution is 6.30. The number of carbonyl (C=O) groups is 1. The third-order valence-corrected chi connectivity index (χ3v) is 4.70. The fourth-order valence-electron chi connectivity index (χ4n) is 3.12. The molecule has 23 heavy (non-hydrogen) atoms. The molecule has 5 nitrogen and oxygen atoms in total. The van der Waals surface area contributed by atoms with Gasteiger partial charge >= 0.3 is 0 Å². The summed E-state index contributed by atoms with van der Waals surface area (Å²) in [6.07, 6.45) is 0.937. The first-order valence-electron chi connectivity index (χ1n) is 7.77. The maximum Gasteiger partial charge on any atom is 0.255 e. The third kappa shape index (κ3) is 3.20. The van der Waals surface area contributed by atoms with E-state index >= 15 is 0 Å². The fraction of sp³-hybridized carbons (Fsp3) is 0.412. The molecule has 6 heteroatoms. The predicted molar refractivity (Wildman–Crippen MR) is 92.2 cm³/mol. The van der Waals surface area contributed by atoms with E-state index in [1.807, 2.05) is 45.2 Å². The summed E-state index contributed by atoms with van der Waals surface area (Å²) in [5, 5.41) is 8.19. The van der Waals surface area contributed by atoms with Crippen molar-refractivity contribution in [2.45, 2.75) is 26.3 Å². The summed E-state index contributed by atoms with van der Waals surface area (Å²) in [4.78, 5) is 14.8. The van der Waals surface area contributed by atoms with Crippen molar-refractivity contribution in [1.82, 2.24) is 15.1 Å². The van der Waals surface area contributed by atoms with E-state index in [1.165, 1.54) is 0 Å². The number of nitrogens with one attached hydrogen (secondary N) is 1. The number of aryl methyl sites for hydroxylation is 2. The lowest BCUT2D eigenvalue weighted by atomic mass is 10.1. The monoisotopic (exact) mass is 332 g/mol. The highest BCUT2D eigenvalue weighted by Crippen LogP contribution is 2.22. The molecule has 1 N–H and O–H groups in total. The molecule has 122 valence electrons. The molecule has 0 radical (unpaired) electrons. The Balaban J connectivity index is 1.66. The number of anilines is 1. The number of carbonyl (C=O) groups excluding carboxylic acids is 1. The Kier molecular flexibility index (Phi) is 4.31. The molecule has 1 fully saturated rings. The van der Waals surface area contributed by atoms with E-state index in [0.29, 0.717) is 5.56 Å². The van der Waals surface area contributed by atoms with E-state index in [0.717, 1.165) is 41.6 Å². The average molecular weight is 333 g/mol. The van der Waals surface area contributed by atoms with Crippen LogP contribution in [0.25, 0.3) is 0 Å². The van der Waals surface area contributed by atoms with Crippen LogP contribution in [0.5, 0.6) is 0 Å². The minimum absolute atomic E-state index is 0.0314. The Morgan fingerprint density at radius 2 is 2.00 bits per heavy atom. The van der Waals surface area contributed by atoms with Crippen LogP contribution in [0.4, 0.5) is 5.69 Å². The summed E-state index contributed by atoms with van der Waals surface area (Å²) in [5.41, 5.74) is 3.50. The molecule has 0 aliphatic carbocycles. The Hall–Kier alpha value is -2.01. The number of nitrogens with zero attached hydrogens (tertiary/aromatic N) is 3. The second-order valence-corrected chi connectivity index (χ2v) is 6.49. The maximum atomic E-state index is 12.5. The minimum atomic E-state index is -0.0314. The lowest BCUT2D eigenvalue weighted by Gasteiger charge is -2.19. The second-order valence-electron chi connectivity index (χ2n) is 6.05. The van der Waals surface area contributed by atoms with Gasteiger partial charge in [-0.2, -0.15) is 5.10 Å². The number of hydrogen-bond donors (Lipinski definition) is 1. The molecule has 1 aliphatic rings. The van der Waals surface area contributed by atoms with Crippen LogP contribution >= 0.6 is 11.6 Å². The highest BCUT2D eigenvalue weighted by Gasteiger charge is 2.26. The Bertz CT molecular complexity index is 723. The standard InChI is InChI=1S/C17H21ClN4O/c1-11-16(12(2)21(3)20-11)17(23)19-14-8-9-22(10-14)15-6-4-13(18)5-7-15/h4-7,14H,8-10H2,1-3H3,(H,19,23). The van der Waals surface area contributed by atoms with Gasteiger partial charge in [0.1, 0.15) is 0 Å². The van der Waals surface area contributed by atoms with Crippen LogP contribution < -0.4 is 10.2 Å². The summed E-state index contributed by atoms with van der Waals surface area (Å²) in [6, 6.07) is 7.97. The van der Waals surface area contributed by atoms with E-state index in [-0.39, 0.29) is 11.9 Å². The van der Waals surface area contributed by atoms with Gasteiger partial charge in [-0.05, 0) is 44.5 Å². The summed E-state index contributed by atoms with van der Waals surface area (Å²) in [6.45, 7) is 5.53. The summed E-state index contributed by atoms with van der Waals surface area (Å²) < 4.78 is 1.75. The molecule has 1 unspecified atom stereocenters. The van der Waals surface area contributed by atoms with Crippen molar-refractivity contribution in [3.05, 3.63) is 46.2 Å². The van der Waals surface area contributed by atoms with Crippen LogP contribution in [0, 0.1) is 13.8 Å². The first-order chi connectivity index (χ1) is 11.0. The molecule has 1 amide bonds. The van der Waals surface area contributed by atoms with Crippen LogP contribution in [0.3, 0.4) is 0 Å². The molecule has 1 aromatic heterocycles. The average Bonchev–Trinajstić information content (AvgIpc) is 3.05. The van der Waals surface area contributed by atoms with Crippen LogP contribution in [0.15, 0.2) is 24.3 Å². The first kappa shape index (κ1) is 15.9. The van der Waals surface area contributed by atoms with Crippen molar-refractivity contribution < 1.29 is 4.79 Å². The normalized spacial score (nSPS) is 17.6. The molecular weight excluding hydrogens is 312 g/mol. The smallest absolute Gasteiger partial charge is 0.255 e. The number of aromatic nitrogens is 2. The molecule has 0 bridgehead atoms. The molecular formula is C17H21ClN4O. The SMILES string of the molecule is Cc1nn(C)c(C)c1C(=O)NC1CCN(c2ccc(Cl)cc2)C1. The van der Waals surface area contributed by atoms with Crippen LogP contribution in [-0.4, -0.2) is 34.8 Å². The zero-order valence-electron chi connectivity index (χ0n) is 13.6. The van der Waals surface area contributed by atoms with Crippen molar-refractivity contribution in [3.8, 4) is 0 Å². The topological polar surface area (TPSA) is 50.2 Å². The molecule has 1 atom stereocenters. The molecule has 3 rings (SSSR count). The zero-order chi connectivity index (χ0) is 16.6. The first-order valence-corrected chi connectivity index (χ1v) is 8.15. The van der Waals surface area contributed by atoms with Gasteiger partial charge < -0.3 is 10.2 Å².